The van der Waals surface area contributed by atoms with E-state index in [0.717, 1.165) is 37.5 Å². The molecular weight excluding hydrogens is 298 g/mol. The summed E-state index contributed by atoms with van der Waals surface area (Å²) in [5.41, 5.74) is -0.425. The fraction of sp³-hybridized carbons (Fsp3) is 0.882. The number of hydrogen-bond acceptors (Lipinski definition) is 3. The molecule has 1 atom stereocenters. The van der Waals surface area contributed by atoms with Crippen molar-refractivity contribution in [1.82, 2.24) is 5.32 Å². The van der Waals surface area contributed by atoms with Crippen LogP contribution in [0.5, 0.6) is 0 Å². The second-order valence-corrected chi connectivity index (χ2v) is 7.74. The van der Waals surface area contributed by atoms with Gasteiger partial charge in [-0.3, -0.25) is 4.79 Å². The van der Waals surface area contributed by atoms with E-state index < -0.39 is 17.4 Å². The highest BCUT2D eigenvalue weighted by atomic mass is 32.1. The number of carboxylic acid groups (broad SMARTS) is 1. The smallest absolute Gasteiger partial charge is 0.327 e. The summed E-state index contributed by atoms with van der Waals surface area (Å²) in [6.07, 6.45) is 7.64. The van der Waals surface area contributed by atoms with Crippen molar-refractivity contribution in [3.63, 3.8) is 0 Å². The Labute approximate surface area is 139 Å². The Morgan fingerprint density at radius 2 is 1.91 bits per heavy atom. The van der Waals surface area contributed by atoms with E-state index in [1.807, 2.05) is 6.92 Å². The largest absolute Gasteiger partial charge is 0.480 e. The number of aliphatic carboxylic acids is 1. The predicted octanol–water partition coefficient (Wildman–Crippen LogP) is 3.51. The van der Waals surface area contributed by atoms with Gasteiger partial charge in [-0.25, -0.2) is 4.79 Å². The number of carbonyl (C=O) groups excluding carboxylic acids is 1. The van der Waals surface area contributed by atoms with Gasteiger partial charge in [0.05, 0.1) is 0 Å². The second kappa shape index (κ2) is 8.80. The summed E-state index contributed by atoms with van der Waals surface area (Å²) in [5.74, 6) is 0.451. The molecule has 0 aromatic heterocycles. The van der Waals surface area contributed by atoms with Crippen LogP contribution in [-0.4, -0.2) is 28.8 Å². The molecule has 22 heavy (non-hydrogen) atoms. The topological polar surface area (TPSA) is 66.4 Å². The standard InChI is InChI=1S/C17H31NO3S/c1-12(2)5-4-6-13-7-9-17(3,10-8-13)16(21)18-14(11-22)15(19)20/h12-14,22H,4-11H2,1-3H3,(H,18,21)(H,19,20)/t13?,14-,17?/m0/s1. The van der Waals surface area contributed by atoms with Crippen molar-refractivity contribution in [3.05, 3.63) is 0 Å². The van der Waals surface area contributed by atoms with Crippen molar-refractivity contribution < 1.29 is 14.7 Å². The van der Waals surface area contributed by atoms with Gasteiger partial charge in [-0.05, 0) is 37.5 Å². The van der Waals surface area contributed by atoms with Gasteiger partial charge < -0.3 is 10.4 Å². The minimum absolute atomic E-state index is 0.120. The van der Waals surface area contributed by atoms with E-state index >= 15 is 0 Å². The monoisotopic (exact) mass is 329 g/mol. The van der Waals surface area contributed by atoms with E-state index in [0.29, 0.717) is 0 Å². The Kier molecular flexibility index (Phi) is 7.74. The molecule has 0 unspecified atom stereocenters. The first-order valence-electron chi connectivity index (χ1n) is 8.43. The molecule has 0 saturated heterocycles. The maximum Gasteiger partial charge on any atom is 0.327 e. The van der Waals surface area contributed by atoms with E-state index in [1.54, 1.807) is 0 Å². The first-order valence-corrected chi connectivity index (χ1v) is 9.06. The molecule has 1 rings (SSSR count). The number of carbonyl (C=O) groups is 2. The van der Waals surface area contributed by atoms with E-state index in [2.05, 4.69) is 31.8 Å². The highest BCUT2D eigenvalue weighted by Crippen LogP contribution is 2.40. The molecule has 1 saturated carbocycles. The van der Waals surface area contributed by atoms with Gasteiger partial charge in [-0.15, -0.1) is 0 Å². The van der Waals surface area contributed by atoms with Crippen LogP contribution in [0, 0.1) is 17.3 Å². The quantitative estimate of drug-likeness (QED) is 0.597. The number of amides is 1. The van der Waals surface area contributed by atoms with Gasteiger partial charge in [-0.1, -0.05) is 40.0 Å². The van der Waals surface area contributed by atoms with E-state index in [9.17, 15) is 9.59 Å². The second-order valence-electron chi connectivity index (χ2n) is 7.38. The lowest BCUT2D eigenvalue weighted by atomic mass is 9.70. The molecule has 4 nitrogen and oxygen atoms in total. The van der Waals surface area contributed by atoms with Gasteiger partial charge in [0.1, 0.15) is 6.04 Å². The zero-order valence-electron chi connectivity index (χ0n) is 14.1. The number of hydrogen-bond donors (Lipinski definition) is 3. The summed E-state index contributed by atoms with van der Waals surface area (Å²) < 4.78 is 0. The Balaban J connectivity index is 2.43. The molecule has 1 aliphatic rings. The molecule has 0 bridgehead atoms. The fourth-order valence-electron chi connectivity index (χ4n) is 3.16. The van der Waals surface area contributed by atoms with Crippen LogP contribution in [0.3, 0.4) is 0 Å². The highest BCUT2D eigenvalue weighted by Gasteiger charge is 2.38. The van der Waals surface area contributed by atoms with Gasteiger partial charge in [0.15, 0.2) is 0 Å². The Morgan fingerprint density at radius 1 is 1.32 bits per heavy atom. The maximum atomic E-state index is 12.4. The third-order valence-corrected chi connectivity index (χ3v) is 5.30. The molecule has 0 radical (unpaired) electrons. The SMILES string of the molecule is CC(C)CCCC1CCC(C)(C(=O)N[C@@H](CS)C(=O)O)CC1. The summed E-state index contributed by atoms with van der Waals surface area (Å²) >= 11 is 3.99. The van der Waals surface area contributed by atoms with Crippen molar-refractivity contribution in [2.75, 3.05) is 5.75 Å². The summed E-state index contributed by atoms with van der Waals surface area (Å²) in [7, 11) is 0. The minimum atomic E-state index is -1.02. The number of carboxylic acids is 1. The summed E-state index contributed by atoms with van der Waals surface area (Å²) in [4.78, 5) is 23.4. The molecule has 0 aliphatic heterocycles. The molecule has 5 heteroatoms. The zero-order valence-corrected chi connectivity index (χ0v) is 15.0. The van der Waals surface area contributed by atoms with Crippen LogP contribution in [0.4, 0.5) is 0 Å². The maximum absolute atomic E-state index is 12.4. The van der Waals surface area contributed by atoms with E-state index in [-0.39, 0.29) is 11.7 Å². The zero-order chi connectivity index (χ0) is 16.8. The molecule has 0 spiro atoms. The Hall–Kier alpha value is -0.710. The van der Waals surface area contributed by atoms with Gasteiger partial charge in [0, 0.05) is 11.2 Å². The van der Waals surface area contributed by atoms with Crippen molar-refractivity contribution in [3.8, 4) is 0 Å². The third-order valence-electron chi connectivity index (χ3n) is 4.94. The number of thiol groups is 1. The summed E-state index contributed by atoms with van der Waals surface area (Å²) in [5, 5.41) is 11.7. The van der Waals surface area contributed by atoms with Crippen LogP contribution in [-0.2, 0) is 9.59 Å². The van der Waals surface area contributed by atoms with Crippen molar-refractivity contribution in [2.45, 2.75) is 71.8 Å². The van der Waals surface area contributed by atoms with E-state index in [1.165, 1.54) is 19.3 Å². The third kappa shape index (κ3) is 5.82. The van der Waals surface area contributed by atoms with Crippen LogP contribution >= 0.6 is 12.6 Å². The van der Waals surface area contributed by atoms with Crippen molar-refractivity contribution in [1.29, 1.82) is 0 Å². The predicted molar refractivity (Wildman–Crippen MR) is 92.2 cm³/mol. The first-order chi connectivity index (χ1) is 10.3. The van der Waals surface area contributed by atoms with Gasteiger partial charge in [0.2, 0.25) is 5.91 Å². The fourth-order valence-corrected chi connectivity index (χ4v) is 3.41. The molecular formula is C17H31NO3S. The lowest BCUT2D eigenvalue weighted by Crippen LogP contribution is -2.49. The van der Waals surface area contributed by atoms with E-state index in [4.69, 9.17) is 5.11 Å². The Morgan fingerprint density at radius 3 is 2.36 bits per heavy atom. The van der Waals surface area contributed by atoms with Crippen LogP contribution in [0.25, 0.3) is 0 Å². The molecule has 0 aromatic rings. The normalized spacial score (nSPS) is 26.7. The average molecular weight is 330 g/mol. The van der Waals surface area contributed by atoms with Gasteiger partial charge in [-0.2, -0.15) is 12.6 Å². The molecule has 1 fully saturated rings. The number of nitrogens with one attached hydrogen (secondary N) is 1. The number of rotatable bonds is 8. The molecule has 128 valence electrons. The van der Waals surface area contributed by atoms with Crippen LogP contribution in [0.15, 0.2) is 0 Å². The average Bonchev–Trinajstić information content (AvgIpc) is 2.46. The van der Waals surface area contributed by atoms with Gasteiger partial charge in [0.25, 0.3) is 0 Å². The molecule has 2 N–H and O–H groups in total. The van der Waals surface area contributed by atoms with Crippen LogP contribution in [0.2, 0.25) is 0 Å². The summed E-state index contributed by atoms with van der Waals surface area (Å²) in [6.45, 7) is 6.47. The lowest BCUT2D eigenvalue weighted by Gasteiger charge is -2.36. The Bertz CT molecular complexity index is 376. The van der Waals surface area contributed by atoms with Crippen LogP contribution < -0.4 is 5.32 Å². The molecule has 1 aliphatic carbocycles. The van der Waals surface area contributed by atoms with Crippen LogP contribution in [0.1, 0.15) is 65.7 Å². The molecule has 1 amide bonds. The van der Waals surface area contributed by atoms with Crippen molar-refractivity contribution >= 4 is 24.5 Å². The summed E-state index contributed by atoms with van der Waals surface area (Å²) in [6, 6.07) is -0.892. The lowest BCUT2D eigenvalue weighted by molar-refractivity contribution is -0.143. The first kappa shape index (κ1) is 19.3. The van der Waals surface area contributed by atoms with Gasteiger partial charge >= 0.3 is 5.97 Å². The minimum Gasteiger partial charge on any atom is -0.480 e. The molecule has 0 heterocycles. The highest BCUT2D eigenvalue weighted by molar-refractivity contribution is 7.80. The molecule has 0 aromatic carbocycles. The van der Waals surface area contributed by atoms with Crippen molar-refractivity contribution in [2.24, 2.45) is 17.3 Å².